The lowest BCUT2D eigenvalue weighted by molar-refractivity contribution is -0.197. The van der Waals surface area contributed by atoms with Crippen molar-refractivity contribution < 1.29 is 86.5 Å². The Labute approximate surface area is 680 Å². The van der Waals surface area contributed by atoms with Gasteiger partial charge < -0.3 is 99.6 Å². The molecule has 0 radical (unpaired) electrons. The van der Waals surface area contributed by atoms with Crippen LogP contribution in [0.3, 0.4) is 0 Å². The van der Waals surface area contributed by atoms with E-state index < -0.39 is 29.4 Å². The second-order valence-corrected chi connectivity index (χ2v) is 35.3. The van der Waals surface area contributed by atoms with Crippen LogP contribution in [0, 0.1) is 0 Å². The zero-order valence-corrected chi connectivity index (χ0v) is 69.8. The van der Waals surface area contributed by atoms with Crippen LogP contribution in [0.2, 0.25) is 0 Å². The van der Waals surface area contributed by atoms with E-state index in [1.54, 1.807) is 6.08 Å². The maximum atomic E-state index is 11.8. The first-order valence-electron chi connectivity index (χ1n) is 39.3. The molecule has 0 aliphatic carbocycles. The number of imide groups is 1. The van der Waals surface area contributed by atoms with Crippen molar-refractivity contribution in [2.24, 2.45) is 10.7 Å². The minimum atomic E-state index is -0.806. The van der Waals surface area contributed by atoms with Gasteiger partial charge in [0, 0.05) is 122 Å². The number of ether oxygens (including phenoxy) is 2. The van der Waals surface area contributed by atoms with E-state index in [1.165, 1.54) is 0 Å². The van der Waals surface area contributed by atoms with Crippen LogP contribution >= 0.6 is 59.5 Å². The highest BCUT2D eigenvalue weighted by Crippen LogP contribution is 2.36. The zero-order chi connectivity index (χ0) is 81.1. The smallest absolute Gasteiger partial charge is 0.333 e. The molecule has 636 valence electrons. The second kappa shape index (κ2) is 53.2. The molecule has 9 heterocycles. The number of unbranched alkanes of at least 4 members (excludes halogenated alkanes) is 8. The number of isocyanates is 1. The fourth-order valence-corrected chi connectivity index (χ4v) is 19.3. The number of nitrogens with zero attached hydrogens (tertiary/aromatic N) is 2. The first-order valence-corrected chi connectivity index (χ1v) is 43.5. The van der Waals surface area contributed by atoms with Gasteiger partial charge in [0.1, 0.15) is 11.2 Å². The van der Waals surface area contributed by atoms with Gasteiger partial charge >= 0.3 is 66.1 Å². The zero-order valence-electron chi connectivity index (χ0n) is 65.7. The molecule has 9 aliphatic heterocycles. The van der Waals surface area contributed by atoms with Crippen LogP contribution in [0.4, 0.5) is 33.6 Å². The van der Waals surface area contributed by atoms with Gasteiger partial charge in [0.05, 0.1) is 54.9 Å². The van der Waals surface area contributed by atoms with Gasteiger partial charge in [0.2, 0.25) is 6.08 Å². The summed E-state index contributed by atoms with van der Waals surface area (Å²) in [4.78, 5) is 166. The molecule has 12 atom stereocenters. The molecule has 9 saturated heterocycles. The van der Waals surface area contributed by atoms with Crippen LogP contribution in [0.15, 0.2) is 4.99 Å². The molecule has 0 bridgehead atoms. The summed E-state index contributed by atoms with van der Waals surface area (Å²) >= 11 is 7.61. The molecular weight excluding hydrogens is 1550 g/mol. The van der Waals surface area contributed by atoms with Gasteiger partial charge in [-0.25, -0.2) is 48.1 Å². The Balaban J connectivity index is 0.000000304. The molecule has 0 aromatic heterocycles. The summed E-state index contributed by atoms with van der Waals surface area (Å²) in [6, 6.07) is 1.20. The number of halogens is 1. The van der Waals surface area contributed by atoms with Crippen LogP contribution in [-0.4, -0.2) is 250 Å². The quantitative estimate of drug-likeness (QED) is 0.00842. The van der Waals surface area contributed by atoms with E-state index in [0.717, 1.165) is 119 Å². The third-order valence-corrected chi connectivity index (χ3v) is 24.6. The third-order valence-electron chi connectivity index (χ3n) is 18.6. The highest BCUT2D eigenvalue weighted by atomic mass is 35.5. The molecule has 9 aliphatic rings. The number of esters is 2. The molecule has 9 rings (SSSR count). The second-order valence-electron chi connectivity index (χ2n) is 30.2. The maximum Gasteiger partial charge on any atom is 0.333 e. The molecule has 35 nitrogen and oxygen atoms in total. The minimum Gasteiger partial charge on any atom is -0.481 e. The Kier molecular flexibility index (Phi) is 46.2. The Morgan fingerprint density at radius 2 is 0.723 bits per heavy atom. The van der Waals surface area contributed by atoms with E-state index in [2.05, 4.69) is 79.4 Å². The SMILES string of the molecule is CC(C)(C)OC(=O)CCCCN.CC(C)(C)OC(=O)CCCCNC(=O)NCCCCC1SC[C@@H]2NC(=O)N[C@H]12.Cl.O=C(NCCCCC(=O)ON1C(=O)CCC1=O)NCCCCC1SC[C@@H]2NC(=O)N[C@H]12.O=C(O)CCCCNC(=O)NCCCCC1SC[C@@H]2NC(=O)N[C@H]12.O=C=NCCCC[C@@H]1SC[C@@H]2NC(=O)N[C@@H]21. The van der Waals surface area contributed by atoms with Crippen LogP contribution < -0.4 is 80.2 Å². The standard InChI is InChI=1S/C19H29N5O6S.C19H34N4O4S.C15H26N4O4S.C10H15N3O2S.C9H19NO2.ClH/c25-14-7-8-15(26)24(14)30-16(27)6-2-4-10-21-18(28)20-9-3-1-5-13-17-12(11-31-13)22-19(29)23-17;1-19(2,3)27-15(24)9-5-7-11-21-17(25)20-10-6-4-8-14-16-13(12-28-14)22-18(26)23-16;20-12(21)6-2-4-8-17-14(22)16-7-3-1-5-11-13-10(9-24-11)18-15(23)19-13;14-6-11-4-2-1-3-8-9-7(5-16-8)12-10(15)13-9;1-9(2,3)12-8(11)6-4-5-7-10;/h12-13,17H,1-11H2,(H2,20,21,28)(H2,22,23,29);13-14,16H,4-12H2,1-3H3,(H2,20,21,25)(H2,22,23,26);10-11,13H,1-9H2,(H,20,21)(H2,16,17,22)(H2,18,19,23);7-9H,1-5H2,(H2,12,13,15);4-7,10H2,1-3H3;1H/t12-,13?,17-;13-,14?,16-;10-,11?,13-;7-,8-,9-;;/m0000../s1. The van der Waals surface area contributed by atoms with Gasteiger partial charge in [-0.15, -0.1) is 17.5 Å². The number of carbonyl (C=O) groups excluding carboxylic acids is 13. The van der Waals surface area contributed by atoms with Gasteiger partial charge in [-0.3, -0.25) is 24.0 Å². The van der Waals surface area contributed by atoms with Crippen LogP contribution in [0.25, 0.3) is 0 Å². The number of aliphatic imine (C=N–C) groups is 1. The molecule has 0 aromatic rings. The molecule has 3 unspecified atom stereocenters. The maximum absolute atomic E-state index is 11.8. The number of aliphatic carboxylic acids is 1. The van der Waals surface area contributed by atoms with Crippen LogP contribution in [0.5, 0.6) is 0 Å². The van der Waals surface area contributed by atoms with Crippen molar-refractivity contribution >= 4 is 143 Å². The topological polar surface area (TPSA) is 497 Å². The van der Waals surface area contributed by atoms with Crippen molar-refractivity contribution in [3.05, 3.63) is 0 Å². The van der Waals surface area contributed by atoms with Gasteiger partial charge in [0.15, 0.2) is 0 Å². The van der Waals surface area contributed by atoms with Gasteiger partial charge in [-0.05, 0) is 151 Å². The molecule has 16 amide bonds. The average molecular weight is 1680 g/mol. The summed E-state index contributed by atoms with van der Waals surface area (Å²) in [6.07, 6.45) is 20.0. The van der Waals surface area contributed by atoms with Crippen molar-refractivity contribution in [3.63, 3.8) is 0 Å². The number of nitrogens with two attached hydrogens (primary N) is 1. The fraction of sp³-hybridized carbons (Fsp3) is 0.806. The molecule has 112 heavy (non-hydrogen) atoms. The van der Waals surface area contributed by atoms with E-state index in [0.29, 0.717) is 129 Å². The third kappa shape index (κ3) is 39.8. The number of carboxylic acids is 1. The van der Waals surface area contributed by atoms with Gasteiger partial charge in [-0.1, -0.05) is 25.7 Å². The summed E-state index contributed by atoms with van der Waals surface area (Å²) in [5.41, 5.74) is 4.48. The fourth-order valence-electron chi connectivity index (χ4n) is 13.2. The summed E-state index contributed by atoms with van der Waals surface area (Å²) in [6.45, 7) is 15.7. The lowest BCUT2D eigenvalue weighted by Crippen LogP contribution is -2.37. The number of urea groups is 7. The Morgan fingerprint density at radius 3 is 1.02 bits per heavy atom. The number of carboxylic acid groups (broad SMARTS) is 1. The summed E-state index contributed by atoms with van der Waals surface area (Å²) in [5.74, 6) is 1.13. The number of nitrogens with one attached hydrogen (secondary N) is 14. The summed E-state index contributed by atoms with van der Waals surface area (Å²) < 4.78 is 10.3. The first kappa shape index (κ1) is 97.3. The number of fused-ring (bicyclic) bond motifs is 4. The number of hydroxylamine groups is 2. The Hall–Kier alpha value is -7.06. The Morgan fingerprint density at radius 1 is 0.438 bits per heavy atom. The van der Waals surface area contributed by atoms with Gasteiger partial charge in [-0.2, -0.15) is 47.0 Å². The normalized spacial score (nSPS) is 23.7. The van der Waals surface area contributed by atoms with E-state index in [9.17, 15) is 67.1 Å². The number of thioether (sulfide) groups is 4. The largest absolute Gasteiger partial charge is 0.481 e. The number of carbonyl (C=O) groups is 13. The van der Waals surface area contributed by atoms with Crippen molar-refractivity contribution in [2.45, 2.75) is 289 Å². The Bertz CT molecular complexity index is 3050. The highest BCUT2D eigenvalue weighted by molar-refractivity contribution is 8.01. The number of hydrogen-bond acceptors (Lipinski definition) is 23. The number of amides is 16. The summed E-state index contributed by atoms with van der Waals surface area (Å²) in [7, 11) is 0. The lowest BCUT2D eigenvalue weighted by Gasteiger charge is -2.19. The number of hydrogen-bond donors (Lipinski definition) is 16. The predicted molar refractivity (Wildman–Crippen MR) is 433 cm³/mol. The van der Waals surface area contributed by atoms with Gasteiger partial charge in [0.25, 0.3) is 11.8 Å². The molecule has 0 saturated carbocycles. The van der Waals surface area contributed by atoms with E-state index in [-0.39, 0.29) is 140 Å². The van der Waals surface area contributed by atoms with Crippen molar-refractivity contribution in [3.8, 4) is 0 Å². The molecule has 9 fully saturated rings. The summed E-state index contributed by atoms with van der Waals surface area (Å²) in [5, 5.41) is 51.2. The monoisotopic (exact) mass is 1680 g/mol. The van der Waals surface area contributed by atoms with Crippen LogP contribution in [0.1, 0.15) is 208 Å². The predicted octanol–water partition coefficient (Wildman–Crippen LogP) is 5.95. The van der Waals surface area contributed by atoms with E-state index >= 15 is 0 Å². The van der Waals surface area contributed by atoms with Crippen molar-refractivity contribution in [1.82, 2.24) is 79.5 Å². The van der Waals surface area contributed by atoms with E-state index in [4.69, 9.17) is 25.2 Å². The van der Waals surface area contributed by atoms with Crippen molar-refractivity contribution in [1.29, 1.82) is 0 Å². The molecule has 0 aromatic carbocycles. The average Bonchev–Trinajstić information content (AvgIpc) is 1.69. The lowest BCUT2D eigenvalue weighted by atomic mass is 10.0. The highest BCUT2D eigenvalue weighted by Gasteiger charge is 2.46. The van der Waals surface area contributed by atoms with E-state index in [1.807, 2.05) is 88.6 Å². The van der Waals surface area contributed by atoms with Crippen LogP contribution in [-0.2, 0) is 47.9 Å². The molecule has 0 spiro atoms. The first-order chi connectivity index (χ1) is 53.0. The molecule has 17 N–H and O–H groups in total. The molecule has 40 heteroatoms. The van der Waals surface area contributed by atoms with Crippen molar-refractivity contribution in [2.75, 3.05) is 75.4 Å². The number of rotatable bonds is 40. The minimum absolute atomic E-state index is 0. The molecular formula is C72H124ClN17O18S4.